The second-order valence-corrected chi connectivity index (χ2v) is 5.36. The van der Waals surface area contributed by atoms with Gasteiger partial charge in [0.2, 0.25) is 5.95 Å². The van der Waals surface area contributed by atoms with Crippen LogP contribution in [0.2, 0.25) is 0 Å². The molecule has 2 saturated carbocycles. The molecule has 0 spiro atoms. The Bertz CT molecular complexity index is 423. The first kappa shape index (κ1) is 10.8. The summed E-state index contributed by atoms with van der Waals surface area (Å²) >= 11 is 0. The maximum Gasteiger partial charge on any atom is 0.239 e. The lowest BCUT2D eigenvalue weighted by molar-refractivity contribution is 0.466. The van der Waals surface area contributed by atoms with Gasteiger partial charge in [-0.25, -0.2) is 10.8 Å². The highest BCUT2D eigenvalue weighted by Crippen LogP contribution is 2.61. The second-order valence-electron chi connectivity index (χ2n) is 5.36. The fourth-order valence-corrected chi connectivity index (χ4v) is 2.54. The summed E-state index contributed by atoms with van der Waals surface area (Å²) < 4.78 is 0. The molecule has 0 unspecified atom stereocenters. The quantitative estimate of drug-likeness (QED) is 0.533. The molecule has 1 heterocycles. The van der Waals surface area contributed by atoms with Crippen LogP contribution < -0.4 is 16.6 Å². The lowest BCUT2D eigenvalue weighted by atomic mass is 10.0. The van der Waals surface area contributed by atoms with Crippen molar-refractivity contribution in [2.75, 3.05) is 17.3 Å². The van der Waals surface area contributed by atoms with Gasteiger partial charge in [0.25, 0.3) is 0 Å². The van der Waals surface area contributed by atoms with Gasteiger partial charge in [-0.1, -0.05) is 0 Å². The summed E-state index contributed by atoms with van der Waals surface area (Å²) in [6.07, 6.45) is 7.37. The van der Waals surface area contributed by atoms with Gasteiger partial charge < -0.3 is 5.32 Å². The van der Waals surface area contributed by atoms with Crippen LogP contribution in [0.4, 0.5) is 11.8 Å². The summed E-state index contributed by atoms with van der Waals surface area (Å²) in [6, 6.07) is 0. The number of aryl methyl sites for hydroxylation is 1. The zero-order valence-electron chi connectivity index (χ0n) is 10.2. The molecule has 0 aromatic carbocycles. The van der Waals surface area contributed by atoms with E-state index in [-0.39, 0.29) is 0 Å². The van der Waals surface area contributed by atoms with Crippen molar-refractivity contribution >= 4 is 11.8 Å². The monoisotopic (exact) mass is 233 g/mol. The zero-order chi connectivity index (χ0) is 11.9. The standard InChI is InChI=1S/C12H19N5/c1-8-6-14-11(17-13)16-10(8)15-7-12(4-5-12)9-2-3-9/h6,9H,2-5,7,13H2,1H3,(H2,14,15,16,17). The molecule has 0 bridgehead atoms. The maximum absolute atomic E-state index is 5.32. The highest BCUT2D eigenvalue weighted by molar-refractivity contribution is 5.46. The zero-order valence-corrected chi connectivity index (χ0v) is 10.2. The molecule has 5 heteroatoms. The minimum absolute atomic E-state index is 0.467. The molecule has 1 aromatic rings. The normalized spacial score (nSPS) is 21.1. The predicted octanol–water partition coefficient (Wildman–Crippen LogP) is 1.67. The van der Waals surface area contributed by atoms with Crippen LogP contribution in [0.5, 0.6) is 0 Å². The smallest absolute Gasteiger partial charge is 0.239 e. The largest absolute Gasteiger partial charge is 0.369 e. The highest BCUT2D eigenvalue weighted by atomic mass is 15.3. The number of nitrogen functional groups attached to an aromatic ring is 1. The molecule has 2 aliphatic carbocycles. The van der Waals surface area contributed by atoms with E-state index in [0.29, 0.717) is 11.4 Å². The van der Waals surface area contributed by atoms with Gasteiger partial charge in [0, 0.05) is 18.3 Å². The van der Waals surface area contributed by atoms with Crippen molar-refractivity contribution in [3.63, 3.8) is 0 Å². The van der Waals surface area contributed by atoms with Crippen molar-refractivity contribution in [3.8, 4) is 0 Å². The first-order valence-corrected chi connectivity index (χ1v) is 6.28. The summed E-state index contributed by atoms with van der Waals surface area (Å²) in [7, 11) is 0. The van der Waals surface area contributed by atoms with E-state index in [9.17, 15) is 0 Å². The highest BCUT2D eigenvalue weighted by Gasteiger charge is 2.53. The van der Waals surface area contributed by atoms with E-state index < -0.39 is 0 Å². The molecule has 4 N–H and O–H groups in total. The lowest BCUT2D eigenvalue weighted by Crippen LogP contribution is -2.19. The van der Waals surface area contributed by atoms with E-state index in [0.717, 1.165) is 23.8 Å². The Morgan fingerprint density at radius 1 is 1.47 bits per heavy atom. The van der Waals surface area contributed by atoms with Crippen LogP contribution in [0.15, 0.2) is 6.20 Å². The number of rotatable bonds is 5. The topological polar surface area (TPSA) is 75.9 Å². The molecular weight excluding hydrogens is 214 g/mol. The van der Waals surface area contributed by atoms with E-state index >= 15 is 0 Å². The first-order valence-electron chi connectivity index (χ1n) is 6.28. The number of hydrogen-bond donors (Lipinski definition) is 3. The number of hydrogen-bond acceptors (Lipinski definition) is 5. The van der Waals surface area contributed by atoms with Gasteiger partial charge in [-0.15, -0.1) is 0 Å². The third kappa shape index (κ3) is 2.07. The van der Waals surface area contributed by atoms with Crippen LogP contribution in [0.3, 0.4) is 0 Å². The molecule has 2 aliphatic rings. The molecule has 92 valence electrons. The van der Waals surface area contributed by atoms with Crippen LogP contribution in [-0.2, 0) is 0 Å². The molecule has 2 fully saturated rings. The number of nitrogens with one attached hydrogen (secondary N) is 2. The summed E-state index contributed by atoms with van der Waals surface area (Å²) in [5, 5.41) is 3.47. The Morgan fingerprint density at radius 3 is 2.82 bits per heavy atom. The summed E-state index contributed by atoms with van der Waals surface area (Å²) in [5.74, 6) is 7.65. The average Bonchev–Trinajstić information content (AvgIpc) is 3.19. The summed E-state index contributed by atoms with van der Waals surface area (Å²) in [5.41, 5.74) is 4.12. The molecular formula is C12H19N5. The van der Waals surface area contributed by atoms with E-state index in [2.05, 4.69) is 20.7 Å². The Morgan fingerprint density at radius 2 is 2.24 bits per heavy atom. The van der Waals surface area contributed by atoms with Gasteiger partial charge in [-0.2, -0.15) is 4.98 Å². The van der Waals surface area contributed by atoms with Crippen molar-refractivity contribution in [2.24, 2.45) is 17.2 Å². The van der Waals surface area contributed by atoms with Crippen LogP contribution in [0.25, 0.3) is 0 Å². The van der Waals surface area contributed by atoms with Crippen molar-refractivity contribution in [3.05, 3.63) is 11.8 Å². The third-order valence-corrected chi connectivity index (χ3v) is 4.04. The average molecular weight is 233 g/mol. The van der Waals surface area contributed by atoms with Gasteiger partial charge >= 0.3 is 0 Å². The van der Waals surface area contributed by atoms with Gasteiger partial charge in [0.1, 0.15) is 5.82 Å². The molecule has 0 radical (unpaired) electrons. The van der Waals surface area contributed by atoms with E-state index in [4.69, 9.17) is 5.84 Å². The lowest BCUT2D eigenvalue weighted by Gasteiger charge is -2.16. The molecule has 0 amide bonds. The van der Waals surface area contributed by atoms with Crippen LogP contribution in [-0.4, -0.2) is 16.5 Å². The second kappa shape index (κ2) is 3.84. The van der Waals surface area contributed by atoms with Crippen molar-refractivity contribution in [2.45, 2.75) is 32.6 Å². The Balaban J connectivity index is 1.68. The molecule has 17 heavy (non-hydrogen) atoms. The molecule has 0 saturated heterocycles. The van der Waals surface area contributed by atoms with Gasteiger partial charge in [0.15, 0.2) is 0 Å². The van der Waals surface area contributed by atoms with Crippen LogP contribution >= 0.6 is 0 Å². The maximum atomic E-state index is 5.32. The molecule has 0 aliphatic heterocycles. The number of aromatic nitrogens is 2. The number of nitrogens with two attached hydrogens (primary N) is 1. The number of hydrazine groups is 1. The molecule has 3 rings (SSSR count). The predicted molar refractivity (Wildman–Crippen MR) is 67.5 cm³/mol. The first-order chi connectivity index (χ1) is 8.23. The van der Waals surface area contributed by atoms with Crippen LogP contribution in [0, 0.1) is 18.3 Å². The van der Waals surface area contributed by atoms with Crippen molar-refractivity contribution < 1.29 is 0 Å². The third-order valence-electron chi connectivity index (χ3n) is 4.04. The summed E-state index contributed by atoms with van der Waals surface area (Å²) in [6.45, 7) is 3.05. The van der Waals surface area contributed by atoms with Crippen molar-refractivity contribution in [1.29, 1.82) is 0 Å². The Kier molecular flexibility index (Phi) is 2.43. The fourth-order valence-electron chi connectivity index (χ4n) is 2.54. The van der Waals surface area contributed by atoms with E-state index in [1.807, 2.05) is 6.92 Å². The Hall–Kier alpha value is -1.36. The SMILES string of the molecule is Cc1cnc(NN)nc1NCC1(C2CC2)CC1. The Labute approximate surface area is 101 Å². The van der Waals surface area contributed by atoms with Gasteiger partial charge in [0.05, 0.1) is 0 Å². The number of nitrogens with zero attached hydrogens (tertiary/aromatic N) is 2. The molecule has 5 nitrogen and oxygen atoms in total. The van der Waals surface area contributed by atoms with Gasteiger partial charge in [-0.05, 0) is 43.9 Å². The molecule has 1 aromatic heterocycles. The van der Waals surface area contributed by atoms with Crippen molar-refractivity contribution in [1.82, 2.24) is 9.97 Å². The number of anilines is 2. The minimum atomic E-state index is 0.467. The fraction of sp³-hybridized carbons (Fsp3) is 0.667. The van der Waals surface area contributed by atoms with Gasteiger partial charge in [-0.3, -0.25) is 5.43 Å². The molecule has 0 atom stereocenters. The summed E-state index contributed by atoms with van der Waals surface area (Å²) in [4.78, 5) is 8.42. The van der Waals surface area contributed by atoms with Crippen LogP contribution in [0.1, 0.15) is 31.2 Å². The van der Waals surface area contributed by atoms with E-state index in [1.54, 1.807) is 6.20 Å². The minimum Gasteiger partial charge on any atom is -0.369 e. The van der Waals surface area contributed by atoms with E-state index in [1.165, 1.54) is 25.7 Å².